The summed E-state index contributed by atoms with van der Waals surface area (Å²) in [5.74, 6) is 0.517. The summed E-state index contributed by atoms with van der Waals surface area (Å²) in [5.41, 5.74) is 0. The van der Waals surface area contributed by atoms with E-state index in [-0.39, 0.29) is 4.90 Å². The number of nitrogens with one attached hydrogen (secondary N) is 2. The van der Waals surface area contributed by atoms with Gasteiger partial charge in [-0.15, -0.1) is 0 Å². The monoisotopic (exact) mass is 312 g/mol. The summed E-state index contributed by atoms with van der Waals surface area (Å²) in [6.45, 7) is 2.27. The fourth-order valence-corrected chi connectivity index (χ4v) is 3.52. The van der Waals surface area contributed by atoms with Gasteiger partial charge >= 0.3 is 0 Å². The first-order valence-corrected chi connectivity index (χ1v) is 9.37. The van der Waals surface area contributed by atoms with Gasteiger partial charge in [0.2, 0.25) is 10.0 Å². The van der Waals surface area contributed by atoms with Crippen molar-refractivity contribution in [2.24, 2.45) is 5.92 Å². The Kier molecular flexibility index (Phi) is 4.61. The molecule has 2 aliphatic carbocycles. The van der Waals surface area contributed by atoms with Crippen molar-refractivity contribution in [3.05, 3.63) is 12.4 Å². The van der Waals surface area contributed by atoms with Crippen LogP contribution in [0.4, 0.5) is 0 Å². The topological polar surface area (TPSA) is 76.0 Å². The van der Waals surface area contributed by atoms with Gasteiger partial charge in [-0.05, 0) is 44.6 Å². The molecule has 2 saturated carbocycles. The van der Waals surface area contributed by atoms with Gasteiger partial charge in [0.05, 0.1) is 6.20 Å². The fourth-order valence-electron chi connectivity index (χ4n) is 2.45. The minimum Gasteiger partial charge on any atom is -0.314 e. The van der Waals surface area contributed by atoms with E-state index in [1.54, 1.807) is 10.9 Å². The van der Waals surface area contributed by atoms with Crippen LogP contribution < -0.4 is 10.0 Å². The molecule has 2 aliphatic rings. The molecule has 0 atom stereocenters. The van der Waals surface area contributed by atoms with Crippen LogP contribution >= 0.6 is 0 Å². The molecule has 0 aliphatic heterocycles. The summed E-state index contributed by atoms with van der Waals surface area (Å²) in [6, 6.07) is 0.717. The van der Waals surface area contributed by atoms with Crippen molar-refractivity contribution in [3.8, 4) is 0 Å². The number of nitrogens with zero attached hydrogens (tertiary/aromatic N) is 2. The molecular weight excluding hydrogens is 288 g/mol. The van der Waals surface area contributed by atoms with Crippen molar-refractivity contribution >= 4 is 10.0 Å². The summed E-state index contributed by atoms with van der Waals surface area (Å²) < 4.78 is 28.7. The lowest BCUT2D eigenvalue weighted by Gasteiger charge is -2.25. The zero-order chi connectivity index (χ0) is 14.7. The van der Waals surface area contributed by atoms with E-state index in [1.807, 2.05) is 0 Å². The van der Waals surface area contributed by atoms with Crippen molar-refractivity contribution < 1.29 is 8.42 Å². The Morgan fingerprint density at radius 1 is 1.29 bits per heavy atom. The molecular formula is C14H24N4O2S. The quantitative estimate of drug-likeness (QED) is 0.670. The lowest BCUT2D eigenvalue weighted by Crippen LogP contribution is -2.32. The average molecular weight is 312 g/mol. The largest absolute Gasteiger partial charge is 0.314 e. The van der Waals surface area contributed by atoms with E-state index in [0.29, 0.717) is 18.5 Å². The Labute approximate surface area is 126 Å². The number of rotatable bonds is 9. The lowest BCUT2D eigenvalue weighted by atomic mass is 9.86. The second kappa shape index (κ2) is 6.46. The zero-order valence-electron chi connectivity index (χ0n) is 12.3. The first-order valence-electron chi connectivity index (χ1n) is 7.89. The molecule has 7 heteroatoms. The number of aromatic nitrogens is 2. The molecule has 118 valence electrons. The first-order chi connectivity index (χ1) is 10.1. The van der Waals surface area contributed by atoms with Crippen LogP contribution in [0.3, 0.4) is 0 Å². The fraction of sp³-hybridized carbons (Fsp3) is 0.786. The molecule has 21 heavy (non-hydrogen) atoms. The van der Waals surface area contributed by atoms with Crippen LogP contribution in [0, 0.1) is 5.92 Å². The minimum atomic E-state index is -3.39. The normalized spacial score (nSPS) is 19.6. The van der Waals surface area contributed by atoms with Gasteiger partial charge < -0.3 is 5.32 Å². The van der Waals surface area contributed by atoms with E-state index in [9.17, 15) is 8.42 Å². The molecule has 1 heterocycles. The molecule has 0 spiro atoms. The van der Waals surface area contributed by atoms with Gasteiger partial charge in [0.15, 0.2) is 0 Å². The molecule has 6 nitrogen and oxygen atoms in total. The van der Waals surface area contributed by atoms with Crippen LogP contribution in [0.1, 0.15) is 38.5 Å². The van der Waals surface area contributed by atoms with E-state index < -0.39 is 10.0 Å². The van der Waals surface area contributed by atoms with Crippen LogP contribution in [-0.2, 0) is 16.6 Å². The van der Waals surface area contributed by atoms with E-state index in [1.165, 1.54) is 25.5 Å². The van der Waals surface area contributed by atoms with Gasteiger partial charge in [-0.1, -0.05) is 6.42 Å². The minimum absolute atomic E-state index is 0.275. The molecule has 0 saturated heterocycles. The maximum Gasteiger partial charge on any atom is 0.243 e. The second-order valence-corrected chi connectivity index (χ2v) is 7.94. The highest BCUT2D eigenvalue weighted by molar-refractivity contribution is 7.89. The van der Waals surface area contributed by atoms with E-state index in [4.69, 9.17) is 0 Å². The predicted octanol–water partition coefficient (Wildman–Crippen LogP) is 1.10. The van der Waals surface area contributed by atoms with Crippen molar-refractivity contribution in [1.29, 1.82) is 0 Å². The van der Waals surface area contributed by atoms with Crippen LogP contribution in [0.5, 0.6) is 0 Å². The number of hydrogen-bond acceptors (Lipinski definition) is 4. The molecule has 2 N–H and O–H groups in total. The predicted molar refractivity (Wildman–Crippen MR) is 80.4 cm³/mol. The van der Waals surface area contributed by atoms with Crippen molar-refractivity contribution in [2.45, 2.75) is 56.0 Å². The Morgan fingerprint density at radius 2 is 2.10 bits per heavy atom. The van der Waals surface area contributed by atoms with E-state index in [0.717, 1.165) is 32.4 Å². The van der Waals surface area contributed by atoms with Gasteiger partial charge in [-0.3, -0.25) is 4.68 Å². The van der Waals surface area contributed by atoms with Crippen LogP contribution in [0.15, 0.2) is 17.3 Å². The van der Waals surface area contributed by atoms with Gasteiger partial charge in [0, 0.05) is 25.3 Å². The van der Waals surface area contributed by atoms with Crippen LogP contribution in [-0.4, -0.2) is 37.3 Å². The molecule has 0 unspecified atom stereocenters. The Balaban J connectivity index is 1.45. The lowest BCUT2D eigenvalue weighted by molar-refractivity contribution is 0.316. The SMILES string of the molecule is O=S(=O)(NCC1CCC1)c1cnn(CCCNC2CC2)c1. The van der Waals surface area contributed by atoms with Crippen molar-refractivity contribution in [1.82, 2.24) is 19.8 Å². The summed E-state index contributed by atoms with van der Waals surface area (Å²) in [5, 5.41) is 7.58. The molecule has 3 rings (SSSR count). The van der Waals surface area contributed by atoms with E-state index >= 15 is 0 Å². The Bertz CT molecular complexity index is 561. The van der Waals surface area contributed by atoms with Gasteiger partial charge in [0.25, 0.3) is 0 Å². The molecule has 0 amide bonds. The second-order valence-electron chi connectivity index (χ2n) is 6.17. The van der Waals surface area contributed by atoms with Crippen LogP contribution in [0.2, 0.25) is 0 Å². The highest BCUT2D eigenvalue weighted by Crippen LogP contribution is 2.25. The number of sulfonamides is 1. The van der Waals surface area contributed by atoms with Crippen molar-refractivity contribution in [3.63, 3.8) is 0 Å². The molecule has 0 bridgehead atoms. The third-order valence-electron chi connectivity index (χ3n) is 4.28. The Hall–Kier alpha value is -0.920. The standard InChI is InChI=1S/C14H24N4O2S/c19-21(20,17-9-12-3-1-4-12)14-10-16-18(11-14)8-2-7-15-13-5-6-13/h10-13,15,17H,1-9H2. The average Bonchev–Trinajstić information content (AvgIpc) is 3.08. The smallest absolute Gasteiger partial charge is 0.243 e. The maximum atomic E-state index is 12.1. The summed E-state index contributed by atoms with van der Waals surface area (Å²) in [4.78, 5) is 0.275. The third-order valence-corrected chi connectivity index (χ3v) is 5.66. The molecule has 1 aromatic rings. The highest BCUT2D eigenvalue weighted by atomic mass is 32.2. The first kappa shape index (κ1) is 15.0. The zero-order valence-corrected chi connectivity index (χ0v) is 13.1. The van der Waals surface area contributed by atoms with Gasteiger partial charge in [-0.25, -0.2) is 13.1 Å². The van der Waals surface area contributed by atoms with E-state index in [2.05, 4.69) is 15.1 Å². The number of hydrogen-bond donors (Lipinski definition) is 2. The summed E-state index contributed by atoms with van der Waals surface area (Å²) >= 11 is 0. The molecule has 2 fully saturated rings. The Morgan fingerprint density at radius 3 is 2.76 bits per heavy atom. The van der Waals surface area contributed by atoms with Crippen LogP contribution in [0.25, 0.3) is 0 Å². The van der Waals surface area contributed by atoms with Gasteiger partial charge in [0.1, 0.15) is 4.90 Å². The summed E-state index contributed by atoms with van der Waals surface area (Å²) in [7, 11) is -3.39. The molecule has 1 aromatic heterocycles. The molecule has 0 aromatic carbocycles. The molecule has 0 radical (unpaired) electrons. The number of aryl methyl sites for hydroxylation is 1. The van der Waals surface area contributed by atoms with Gasteiger partial charge in [-0.2, -0.15) is 5.10 Å². The third kappa shape index (κ3) is 4.28. The summed E-state index contributed by atoms with van der Waals surface area (Å²) in [6.07, 6.45) is 10.1. The maximum absolute atomic E-state index is 12.1. The van der Waals surface area contributed by atoms with Crippen molar-refractivity contribution in [2.75, 3.05) is 13.1 Å². The highest BCUT2D eigenvalue weighted by Gasteiger charge is 2.22.